The lowest BCUT2D eigenvalue weighted by Crippen LogP contribution is -2.19. The zero-order valence-corrected chi connectivity index (χ0v) is 11.8. The molecule has 0 amide bonds. The molecule has 2 saturated heterocycles. The molecule has 0 nitrogen and oxygen atoms in total. The Morgan fingerprint density at radius 2 is 1.95 bits per heavy atom. The second kappa shape index (κ2) is 5.99. The topological polar surface area (TPSA) is 0 Å². The molecule has 1 aromatic rings. The van der Waals surface area contributed by atoms with Crippen molar-refractivity contribution in [3.63, 3.8) is 0 Å². The lowest BCUT2D eigenvalue weighted by molar-refractivity contribution is 0.332. The van der Waals surface area contributed by atoms with Gasteiger partial charge in [-0.05, 0) is 24.1 Å². The summed E-state index contributed by atoms with van der Waals surface area (Å²) in [6, 6.07) is 11.2. The first-order valence-corrected chi connectivity index (χ1v) is 7.89. The van der Waals surface area contributed by atoms with E-state index >= 15 is 0 Å². The highest BCUT2D eigenvalue weighted by Crippen LogP contribution is 2.47. The van der Waals surface area contributed by atoms with Gasteiger partial charge < -0.3 is 0 Å². The van der Waals surface area contributed by atoms with E-state index in [9.17, 15) is 0 Å². The molecule has 1 radical (unpaired) electrons. The van der Waals surface area contributed by atoms with Crippen LogP contribution in [0.1, 0.15) is 49.9 Å². The van der Waals surface area contributed by atoms with Crippen LogP contribution in [0.25, 0.3) is 0 Å². The van der Waals surface area contributed by atoms with Crippen LogP contribution in [0.5, 0.6) is 0 Å². The minimum Gasteiger partial charge on any atom is -0.103 e. The number of benzene rings is 1. The van der Waals surface area contributed by atoms with Crippen molar-refractivity contribution < 1.29 is 0 Å². The molecule has 19 heavy (non-hydrogen) atoms. The molecule has 4 unspecified atom stereocenters. The Labute approximate surface area is 118 Å². The number of rotatable bonds is 3. The van der Waals surface area contributed by atoms with Gasteiger partial charge in [0, 0.05) is 0 Å². The van der Waals surface area contributed by atoms with Crippen molar-refractivity contribution >= 4 is 7.28 Å². The average Bonchev–Trinajstić information content (AvgIpc) is 2.74. The molecule has 2 aliphatic rings. The van der Waals surface area contributed by atoms with E-state index in [-0.39, 0.29) is 0 Å². The van der Waals surface area contributed by atoms with Crippen molar-refractivity contribution in [1.82, 2.24) is 0 Å². The van der Waals surface area contributed by atoms with Crippen molar-refractivity contribution in [2.24, 2.45) is 11.8 Å². The van der Waals surface area contributed by atoms with Gasteiger partial charge in [-0.25, -0.2) is 0 Å². The normalized spacial score (nSPS) is 34.1. The van der Waals surface area contributed by atoms with Gasteiger partial charge in [0.1, 0.15) is 7.28 Å². The quantitative estimate of drug-likeness (QED) is 0.523. The van der Waals surface area contributed by atoms with Gasteiger partial charge in [-0.2, -0.15) is 0 Å². The first-order valence-electron chi connectivity index (χ1n) is 7.89. The van der Waals surface area contributed by atoms with Gasteiger partial charge in [-0.1, -0.05) is 79.9 Å². The molecule has 0 saturated carbocycles. The maximum atomic E-state index is 3.95. The lowest BCUT2D eigenvalue weighted by atomic mass is 9.48. The monoisotopic (exact) mass is 251 g/mol. The molecule has 3 rings (SSSR count). The first-order chi connectivity index (χ1) is 9.38. The molecule has 99 valence electrons. The van der Waals surface area contributed by atoms with Crippen LogP contribution < -0.4 is 0 Å². The molecule has 2 heterocycles. The zero-order valence-electron chi connectivity index (χ0n) is 11.8. The largest absolute Gasteiger partial charge is 0.124 e. The molecule has 4 atom stereocenters. The zero-order chi connectivity index (χ0) is 13.1. The van der Waals surface area contributed by atoms with E-state index in [0.29, 0.717) is 5.82 Å². The van der Waals surface area contributed by atoms with Crippen molar-refractivity contribution in [1.29, 1.82) is 0 Å². The van der Waals surface area contributed by atoms with E-state index < -0.39 is 0 Å². The minimum absolute atomic E-state index is 0.698. The minimum atomic E-state index is 0.698. The fourth-order valence-corrected chi connectivity index (χ4v) is 4.24. The summed E-state index contributed by atoms with van der Waals surface area (Å²) in [6.45, 7) is 3.95. The average molecular weight is 251 g/mol. The van der Waals surface area contributed by atoms with Crippen molar-refractivity contribution in [3.8, 4) is 0 Å². The SMILES string of the molecule is C=CCC1CCC2CCCC1[B]C2c1ccccc1. The van der Waals surface area contributed by atoms with Crippen molar-refractivity contribution in [3.05, 3.63) is 48.6 Å². The van der Waals surface area contributed by atoms with Crippen LogP contribution >= 0.6 is 0 Å². The fourth-order valence-electron chi connectivity index (χ4n) is 4.24. The summed E-state index contributed by atoms with van der Waals surface area (Å²) in [4.78, 5) is 0. The van der Waals surface area contributed by atoms with Gasteiger partial charge in [0.2, 0.25) is 0 Å². The van der Waals surface area contributed by atoms with Crippen molar-refractivity contribution in [2.45, 2.75) is 50.2 Å². The van der Waals surface area contributed by atoms with Crippen LogP contribution in [0.15, 0.2) is 43.0 Å². The molecular weight excluding hydrogens is 227 g/mol. The third-order valence-electron chi connectivity index (χ3n) is 5.24. The molecule has 0 aliphatic carbocycles. The van der Waals surface area contributed by atoms with Crippen LogP contribution in [0, 0.1) is 11.8 Å². The van der Waals surface area contributed by atoms with E-state index in [2.05, 4.69) is 50.3 Å². The summed E-state index contributed by atoms with van der Waals surface area (Å²) in [5.41, 5.74) is 1.54. The number of allylic oxidation sites excluding steroid dienone is 1. The lowest BCUT2D eigenvalue weighted by Gasteiger charge is -2.25. The first kappa shape index (κ1) is 13.0. The maximum Gasteiger partial charge on any atom is 0.124 e. The Balaban J connectivity index is 1.85. The smallest absolute Gasteiger partial charge is 0.103 e. The van der Waals surface area contributed by atoms with Gasteiger partial charge in [0.05, 0.1) is 0 Å². The molecule has 2 bridgehead atoms. The second-order valence-corrected chi connectivity index (χ2v) is 6.35. The number of hydrogen-bond acceptors (Lipinski definition) is 0. The Morgan fingerprint density at radius 3 is 2.74 bits per heavy atom. The van der Waals surface area contributed by atoms with Crippen LogP contribution in [-0.2, 0) is 0 Å². The highest BCUT2D eigenvalue weighted by molar-refractivity contribution is 6.40. The van der Waals surface area contributed by atoms with Crippen molar-refractivity contribution in [2.75, 3.05) is 0 Å². The van der Waals surface area contributed by atoms with Crippen LogP contribution in [0.4, 0.5) is 0 Å². The van der Waals surface area contributed by atoms with Gasteiger partial charge in [0.25, 0.3) is 0 Å². The summed E-state index contributed by atoms with van der Waals surface area (Å²) < 4.78 is 0. The summed E-state index contributed by atoms with van der Waals surface area (Å²) in [5.74, 6) is 3.25. The van der Waals surface area contributed by atoms with E-state index in [1.807, 2.05) is 0 Å². The van der Waals surface area contributed by atoms with E-state index in [4.69, 9.17) is 0 Å². The molecule has 1 aromatic carbocycles. The molecular formula is C18H24B. The second-order valence-electron chi connectivity index (χ2n) is 6.35. The Bertz CT molecular complexity index is 411. The number of fused-ring (bicyclic) bond motifs is 3. The third kappa shape index (κ3) is 2.80. The van der Waals surface area contributed by atoms with Gasteiger partial charge in [-0.15, -0.1) is 6.58 Å². The summed E-state index contributed by atoms with van der Waals surface area (Å²) >= 11 is 0. The predicted octanol–water partition coefficient (Wildman–Crippen LogP) is 5.01. The summed E-state index contributed by atoms with van der Waals surface area (Å²) in [5, 5.41) is 0. The summed E-state index contributed by atoms with van der Waals surface area (Å²) in [7, 11) is 2.70. The van der Waals surface area contributed by atoms with E-state index in [0.717, 1.165) is 17.7 Å². The van der Waals surface area contributed by atoms with Gasteiger partial charge in [-0.3, -0.25) is 0 Å². The molecule has 2 aliphatic heterocycles. The molecule has 0 N–H and O–H groups in total. The van der Waals surface area contributed by atoms with Crippen LogP contribution in [0.3, 0.4) is 0 Å². The number of hydrogen-bond donors (Lipinski definition) is 0. The van der Waals surface area contributed by atoms with Gasteiger partial charge in [0.15, 0.2) is 0 Å². The molecule has 0 aromatic heterocycles. The molecule has 2 fully saturated rings. The van der Waals surface area contributed by atoms with E-state index in [1.165, 1.54) is 38.5 Å². The van der Waals surface area contributed by atoms with Crippen LogP contribution in [-0.4, -0.2) is 7.28 Å². The molecule has 0 spiro atoms. The van der Waals surface area contributed by atoms with E-state index in [1.54, 1.807) is 5.56 Å². The third-order valence-corrected chi connectivity index (χ3v) is 5.24. The Kier molecular flexibility index (Phi) is 4.10. The van der Waals surface area contributed by atoms with Crippen LogP contribution in [0.2, 0.25) is 5.82 Å². The Morgan fingerprint density at radius 1 is 1.11 bits per heavy atom. The highest BCUT2D eigenvalue weighted by atomic mass is 14.3. The highest BCUT2D eigenvalue weighted by Gasteiger charge is 2.36. The van der Waals surface area contributed by atoms with Gasteiger partial charge >= 0.3 is 0 Å². The fraction of sp³-hybridized carbons (Fsp3) is 0.556. The molecule has 1 heteroatoms. The standard InChI is InChI=1S/C18H24B/c1-2-7-14-12-13-16-10-6-11-17(14)19-18(16)15-8-4-3-5-9-15/h2-5,8-9,14,16-18H,1,6-7,10-13H2. The predicted molar refractivity (Wildman–Crippen MR) is 83.6 cm³/mol. The Hall–Kier alpha value is -0.975. The maximum absolute atomic E-state index is 3.95. The summed E-state index contributed by atoms with van der Waals surface area (Å²) in [6.07, 6.45) is 10.4.